The number of likely N-dealkylation sites (tertiary alicyclic amines) is 1. The smallest absolute Gasteiger partial charge is 0.288 e. The average molecular weight is 312 g/mol. The van der Waals surface area contributed by atoms with E-state index in [1.54, 1.807) is 11.9 Å². The lowest BCUT2D eigenvalue weighted by atomic mass is 10.0. The Hall–Kier alpha value is -1.66. The number of rotatable bonds is 3. The highest BCUT2D eigenvalue weighted by Gasteiger charge is 2.27. The third-order valence-electron chi connectivity index (χ3n) is 3.96. The van der Waals surface area contributed by atoms with Gasteiger partial charge in [-0.3, -0.25) is 14.9 Å². The van der Waals surface area contributed by atoms with Crippen molar-refractivity contribution in [3.8, 4) is 0 Å². The summed E-state index contributed by atoms with van der Waals surface area (Å²) in [5.41, 5.74) is -0.0495. The number of nitro groups is 1. The van der Waals surface area contributed by atoms with Gasteiger partial charge in [0, 0.05) is 19.2 Å². The minimum atomic E-state index is -0.575. The molecule has 1 amide bonds. The van der Waals surface area contributed by atoms with E-state index in [1.165, 1.54) is 18.2 Å². The molecule has 0 radical (unpaired) electrons. The van der Waals surface area contributed by atoms with E-state index in [2.05, 4.69) is 11.9 Å². The first kappa shape index (κ1) is 15.7. The standard InChI is InChI=1S/C14H18ClN3O3/c1-16-8-6-10(7-9-16)17(2)14(19)11-4-3-5-12(13(11)15)18(20)21/h3-5,10H,6-9H2,1-2H3. The highest BCUT2D eigenvalue weighted by Crippen LogP contribution is 2.29. The molecule has 21 heavy (non-hydrogen) atoms. The zero-order valence-corrected chi connectivity index (χ0v) is 12.8. The maximum Gasteiger partial charge on any atom is 0.288 e. The Morgan fingerprint density at radius 3 is 2.62 bits per heavy atom. The number of amides is 1. The minimum Gasteiger partial charge on any atom is -0.339 e. The lowest BCUT2D eigenvalue weighted by molar-refractivity contribution is -0.384. The van der Waals surface area contributed by atoms with Crippen LogP contribution in [0.5, 0.6) is 0 Å². The van der Waals surface area contributed by atoms with Crippen molar-refractivity contribution in [2.24, 2.45) is 0 Å². The summed E-state index contributed by atoms with van der Waals surface area (Å²) in [5.74, 6) is -0.266. The van der Waals surface area contributed by atoms with Gasteiger partial charge < -0.3 is 9.80 Å². The summed E-state index contributed by atoms with van der Waals surface area (Å²) < 4.78 is 0. The van der Waals surface area contributed by atoms with Crippen molar-refractivity contribution in [3.05, 3.63) is 38.9 Å². The molecule has 2 rings (SSSR count). The van der Waals surface area contributed by atoms with Crippen molar-refractivity contribution in [1.82, 2.24) is 9.80 Å². The van der Waals surface area contributed by atoms with Gasteiger partial charge in [-0.15, -0.1) is 0 Å². The second-order valence-electron chi connectivity index (χ2n) is 5.35. The topological polar surface area (TPSA) is 66.7 Å². The van der Waals surface area contributed by atoms with Gasteiger partial charge in [0.15, 0.2) is 0 Å². The number of carbonyl (C=O) groups is 1. The SMILES string of the molecule is CN1CCC(N(C)C(=O)c2cccc([N+](=O)[O-])c2Cl)CC1. The maximum atomic E-state index is 12.5. The second kappa shape index (κ2) is 6.41. The molecule has 1 fully saturated rings. The number of halogens is 1. The lowest BCUT2D eigenvalue weighted by Crippen LogP contribution is -2.44. The van der Waals surface area contributed by atoms with E-state index in [0.717, 1.165) is 25.9 Å². The van der Waals surface area contributed by atoms with Gasteiger partial charge in [0.25, 0.3) is 11.6 Å². The van der Waals surface area contributed by atoms with Crippen LogP contribution >= 0.6 is 11.6 Å². The molecule has 1 aliphatic rings. The molecule has 114 valence electrons. The summed E-state index contributed by atoms with van der Waals surface area (Å²) in [7, 11) is 3.78. The van der Waals surface area contributed by atoms with Crippen molar-refractivity contribution in [2.75, 3.05) is 27.2 Å². The first-order valence-electron chi connectivity index (χ1n) is 6.80. The molecule has 0 bridgehead atoms. The van der Waals surface area contributed by atoms with E-state index in [9.17, 15) is 14.9 Å². The van der Waals surface area contributed by atoms with Crippen LogP contribution in [-0.2, 0) is 0 Å². The van der Waals surface area contributed by atoms with Gasteiger partial charge in [-0.1, -0.05) is 17.7 Å². The molecule has 0 spiro atoms. The molecule has 1 heterocycles. The zero-order chi connectivity index (χ0) is 15.6. The molecule has 7 heteroatoms. The monoisotopic (exact) mass is 311 g/mol. The maximum absolute atomic E-state index is 12.5. The molecule has 0 aliphatic carbocycles. The predicted molar refractivity (Wildman–Crippen MR) is 80.7 cm³/mol. The van der Waals surface area contributed by atoms with Crippen LogP contribution < -0.4 is 0 Å². The van der Waals surface area contributed by atoms with E-state index in [1.807, 2.05) is 0 Å². The van der Waals surface area contributed by atoms with Crippen LogP contribution in [0, 0.1) is 10.1 Å². The highest BCUT2D eigenvalue weighted by atomic mass is 35.5. The van der Waals surface area contributed by atoms with Crippen LogP contribution in [0.1, 0.15) is 23.2 Å². The number of piperidine rings is 1. The summed E-state index contributed by atoms with van der Waals surface area (Å²) in [5, 5.41) is 10.8. The van der Waals surface area contributed by atoms with Crippen LogP contribution in [0.3, 0.4) is 0 Å². The molecule has 1 saturated heterocycles. The number of hydrogen-bond donors (Lipinski definition) is 0. The Kier molecular flexibility index (Phi) is 4.80. The minimum absolute atomic E-state index is 0.0905. The normalized spacial score (nSPS) is 16.7. The summed E-state index contributed by atoms with van der Waals surface area (Å²) in [6, 6.07) is 4.46. The van der Waals surface area contributed by atoms with Crippen molar-refractivity contribution < 1.29 is 9.72 Å². The third-order valence-corrected chi connectivity index (χ3v) is 4.36. The summed E-state index contributed by atoms with van der Waals surface area (Å²) in [4.78, 5) is 26.7. The Balaban J connectivity index is 2.20. The molecule has 0 saturated carbocycles. The van der Waals surface area contributed by atoms with Gasteiger partial charge in [-0.25, -0.2) is 0 Å². The molecule has 0 unspecified atom stereocenters. The van der Waals surface area contributed by atoms with Crippen molar-refractivity contribution in [1.29, 1.82) is 0 Å². The van der Waals surface area contributed by atoms with Crippen molar-refractivity contribution in [2.45, 2.75) is 18.9 Å². The Morgan fingerprint density at radius 1 is 1.43 bits per heavy atom. The van der Waals surface area contributed by atoms with Crippen LogP contribution in [0.2, 0.25) is 5.02 Å². The van der Waals surface area contributed by atoms with Gasteiger partial charge in [0.1, 0.15) is 5.02 Å². The number of carbonyl (C=O) groups excluding carboxylic acids is 1. The van der Waals surface area contributed by atoms with Gasteiger partial charge in [0.05, 0.1) is 10.5 Å². The number of nitro benzene ring substituents is 1. The third kappa shape index (κ3) is 3.33. The van der Waals surface area contributed by atoms with Gasteiger partial charge in [0.2, 0.25) is 0 Å². The molecule has 1 aromatic rings. The molecular weight excluding hydrogens is 294 g/mol. The highest BCUT2D eigenvalue weighted by molar-refractivity contribution is 6.35. The number of hydrogen-bond acceptors (Lipinski definition) is 4. The fourth-order valence-electron chi connectivity index (χ4n) is 2.56. The lowest BCUT2D eigenvalue weighted by Gasteiger charge is -2.35. The second-order valence-corrected chi connectivity index (χ2v) is 5.72. The summed E-state index contributed by atoms with van der Waals surface area (Å²) in [6.45, 7) is 1.87. The largest absolute Gasteiger partial charge is 0.339 e. The van der Waals surface area contributed by atoms with E-state index >= 15 is 0 Å². The Bertz CT molecular complexity index is 556. The molecule has 0 N–H and O–H groups in total. The first-order chi connectivity index (χ1) is 9.91. The molecule has 1 aliphatic heterocycles. The van der Waals surface area contributed by atoms with E-state index in [0.29, 0.717) is 0 Å². The van der Waals surface area contributed by atoms with E-state index in [4.69, 9.17) is 11.6 Å². The number of benzene rings is 1. The molecular formula is C14H18ClN3O3. The summed E-state index contributed by atoms with van der Waals surface area (Å²) in [6.07, 6.45) is 1.79. The number of nitrogens with zero attached hydrogens (tertiary/aromatic N) is 3. The fraction of sp³-hybridized carbons (Fsp3) is 0.500. The van der Waals surface area contributed by atoms with Crippen molar-refractivity contribution in [3.63, 3.8) is 0 Å². The molecule has 1 aromatic carbocycles. The fourth-order valence-corrected chi connectivity index (χ4v) is 2.84. The van der Waals surface area contributed by atoms with Gasteiger partial charge in [-0.2, -0.15) is 0 Å². The zero-order valence-electron chi connectivity index (χ0n) is 12.1. The molecule has 6 nitrogen and oxygen atoms in total. The van der Waals surface area contributed by atoms with Crippen LogP contribution in [0.15, 0.2) is 18.2 Å². The molecule has 0 atom stereocenters. The quantitative estimate of drug-likeness (QED) is 0.635. The van der Waals surface area contributed by atoms with E-state index < -0.39 is 4.92 Å². The van der Waals surface area contributed by atoms with Crippen LogP contribution in [0.25, 0.3) is 0 Å². The predicted octanol–water partition coefficient (Wildman–Crippen LogP) is 2.41. The molecule has 0 aromatic heterocycles. The van der Waals surface area contributed by atoms with Crippen LogP contribution in [-0.4, -0.2) is 53.9 Å². The Morgan fingerprint density at radius 2 is 2.05 bits per heavy atom. The van der Waals surface area contributed by atoms with Gasteiger partial charge >= 0.3 is 0 Å². The van der Waals surface area contributed by atoms with Crippen LogP contribution in [0.4, 0.5) is 5.69 Å². The average Bonchev–Trinajstić information content (AvgIpc) is 2.46. The first-order valence-corrected chi connectivity index (χ1v) is 7.18. The summed E-state index contributed by atoms with van der Waals surface area (Å²) >= 11 is 6.01. The van der Waals surface area contributed by atoms with Crippen molar-refractivity contribution >= 4 is 23.2 Å². The van der Waals surface area contributed by atoms with E-state index in [-0.39, 0.29) is 28.2 Å². The van der Waals surface area contributed by atoms with Gasteiger partial charge in [-0.05, 0) is 39.0 Å². The Labute approximate surface area is 128 Å².